The lowest BCUT2D eigenvalue weighted by Crippen LogP contribution is -2.40. The number of halogens is 1. The fourth-order valence-corrected chi connectivity index (χ4v) is 5.26. The molecule has 3 rings (SSSR count). The molecule has 0 spiro atoms. The van der Waals surface area contributed by atoms with E-state index in [0.29, 0.717) is 5.69 Å². The summed E-state index contributed by atoms with van der Waals surface area (Å²) in [6.07, 6.45) is 0. The third-order valence-electron chi connectivity index (χ3n) is 4.90. The molecule has 2 aromatic rings. The van der Waals surface area contributed by atoms with E-state index in [9.17, 15) is 18.0 Å². The summed E-state index contributed by atoms with van der Waals surface area (Å²) >= 11 is 6.13. The van der Waals surface area contributed by atoms with Crippen LogP contribution < -0.4 is 4.90 Å². The summed E-state index contributed by atoms with van der Waals surface area (Å²) in [5.74, 6) is -1.21. The Hall–Kier alpha value is -2.46. The Morgan fingerprint density at radius 1 is 1.12 bits per heavy atom. The van der Waals surface area contributed by atoms with Gasteiger partial charge in [0.05, 0.1) is 23.8 Å². The van der Waals surface area contributed by atoms with Crippen molar-refractivity contribution in [2.24, 2.45) is 0 Å². The van der Waals surface area contributed by atoms with Crippen LogP contribution in [-0.2, 0) is 24.3 Å². The predicted octanol–water partition coefficient (Wildman–Crippen LogP) is 2.96. The summed E-state index contributed by atoms with van der Waals surface area (Å²) in [5.41, 5.74) is 0.679. The number of morpholine rings is 1. The van der Waals surface area contributed by atoms with Crippen LogP contribution in [0.3, 0.4) is 0 Å². The van der Waals surface area contributed by atoms with Gasteiger partial charge in [-0.15, -0.1) is 0 Å². The quantitative estimate of drug-likeness (QED) is 0.565. The van der Waals surface area contributed by atoms with Crippen LogP contribution in [0.1, 0.15) is 24.2 Å². The van der Waals surface area contributed by atoms with Crippen LogP contribution in [0.2, 0.25) is 5.02 Å². The van der Waals surface area contributed by atoms with Crippen molar-refractivity contribution in [1.82, 2.24) is 4.31 Å². The number of para-hydroxylation sites is 1. The molecule has 0 aromatic heterocycles. The Balaban J connectivity index is 1.74. The van der Waals surface area contributed by atoms with Crippen molar-refractivity contribution in [3.05, 3.63) is 59.1 Å². The highest BCUT2D eigenvalue weighted by Gasteiger charge is 2.29. The molecule has 8 nitrogen and oxygen atoms in total. The predicted molar refractivity (Wildman–Crippen MR) is 120 cm³/mol. The van der Waals surface area contributed by atoms with E-state index >= 15 is 0 Å². The first-order valence-corrected chi connectivity index (χ1v) is 12.0. The highest BCUT2D eigenvalue weighted by atomic mass is 35.5. The van der Waals surface area contributed by atoms with Crippen LogP contribution in [0.15, 0.2) is 53.4 Å². The number of anilines is 1. The van der Waals surface area contributed by atoms with E-state index in [-0.39, 0.29) is 47.8 Å². The second-order valence-corrected chi connectivity index (χ2v) is 9.74. The summed E-state index contributed by atoms with van der Waals surface area (Å²) in [7, 11) is -3.90. The zero-order valence-electron chi connectivity index (χ0n) is 17.9. The largest absolute Gasteiger partial charge is 0.452 e. The average Bonchev–Trinajstić information content (AvgIpc) is 2.79. The molecule has 0 atom stereocenters. The maximum atomic E-state index is 12.9. The van der Waals surface area contributed by atoms with Gasteiger partial charge in [0.15, 0.2) is 6.61 Å². The molecule has 172 valence electrons. The SMILES string of the molecule is CC(C)N(C(=O)COC(=O)c1ccc(Cl)c(S(=O)(=O)N2CCOCC2)c1)c1ccccc1. The zero-order chi connectivity index (χ0) is 23.3. The number of amides is 1. The van der Waals surface area contributed by atoms with Gasteiger partial charge in [0.2, 0.25) is 10.0 Å². The van der Waals surface area contributed by atoms with Crippen LogP contribution in [-0.4, -0.2) is 63.6 Å². The molecule has 0 bridgehead atoms. The van der Waals surface area contributed by atoms with E-state index in [4.69, 9.17) is 21.1 Å². The second-order valence-electron chi connectivity index (χ2n) is 7.43. The van der Waals surface area contributed by atoms with Gasteiger partial charge in [-0.25, -0.2) is 13.2 Å². The second kappa shape index (κ2) is 10.4. The van der Waals surface area contributed by atoms with Crippen LogP contribution in [0, 0.1) is 0 Å². The highest BCUT2D eigenvalue weighted by molar-refractivity contribution is 7.89. The summed E-state index contributed by atoms with van der Waals surface area (Å²) in [6, 6.07) is 12.8. The van der Waals surface area contributed by atoms with Crippen molar-refractivity contribution in [3.8, 4) is 0 Å². The molecule has 1 aliphatic rings. The Labute approximate surface area is 192 Å². The maximum Gasteiger partial charge on any atom is 0.338 e. The molecule has 1 amide bonds. The van der Waals surface area contributed by atoms with E-state index in [2.05, 4.69) is 0 Å². The molecule has 1 fully saturated rings. The first-order valence-electron chi connectivity index (χ1n) is 10.1. The molecule has 1 saturated heterocycles. The van der Waals surface area contributed by atoms with Crippen molar-refractivity contribution >= 4 is 39.2 Å². The molecule has 1 heterocycles. The number of hydrogen-bond donors (Lipinski definition) is 0. The average molecular weight is 481 g/mol. The minimum atomic E-state index is -3.90. The van der Waals surface area contributed by atoms with Gasteiger partial charge < -0.3 is 14.4 Å². The van der Waals surface area contributed by atoms with Crippen LogP contribution in [0.4, 0.5) is 5.69 Å². The van der Waals surface area contributed by atoms with Crippen molar-refractivity contribution in [3.63, 3.8) is 0 Å². The number of sulfonamides is 1. The van der Waals surface area contributed by atoms with Crippen molar-refractivity contribution < 1.29 is 27.5 Å². The third-order valence-corrected chi connectivity index (χ3v) is 7.28. The first-order chi connectivity index (χ1) is 15.2. The highest BCUT2D eigenvalue weighted by Crippen LogP contribution is 2.27. The number of benzene rings is 2. The molecule has 1 aliphatic heterocycles. The maximum absolute atomic E-state index is 12.9. The lowest BCUT2D eigenvalue weighted by Gasteiger charge is -2.27. The lowest BCUT2D eigenvalue weighted by molar-refractivity contribution is -0.122. The van der Waals surface area contributed by atoms with Crippen LogP contribution in [0.25, 0.3) is 0 Å². The van der Waals surface area contributed by atoms with Gasteiger partial charge in [0.1, 0.15) is 4.90 Å². The number of rotatable bonds is 7. The minimum absolute atomic E-state index is 0.000760. The standard InChI is InChI=1S/C22H25ClN2O6S/c1-16(2)25(18-6-4-3-5-7-18)21(26)15-31-22(27)17-8-9-19(23)20(14-17)32(28,29)24-10-12-30-13-11-24/h3-9,14,16H,10-13,15H2,1-2H3. The van der Waals surface area contributed by atoms with Gasteiger partial charge in [0, 0.05) is 24.8 Å². The molecule has 0 N–H and O–H groups in total. The van der Waals surface area contributed by atoms with E-state index in [1.807, 2.05) is 32.0 Å². The number of ether oxygens (including phenoxy) is 2. The Morgan fingerprint density at radius 3 is 2.41 bits per heavy atom. The van der Waals surface area contributed by atoms with E-state index in [0.717, 1.165) is 0 Å². The van der Waals surface area contributed by atoms with Gasteiger partial charge in [-0.05, 0) is 44.2 Å². The summed E-state index contributed by atoms with van der Waals surface area (Å²) in [4.78, 5) is 26.6. The zero-order valence-corrected chi connectivity index (χ0v) is 19.4. The van der Waals surface area contributed by atoms with Gasteiger partial charge in [-0.1, -0.05) is 29.8 Å². The number of nitrogens with zero attached hydrogens (tertiary/aromatic N) is 2. The molecule has 0 aliphatic carbocycles. The van der Waals surface area contributed by atoms with Gasteiger partial charge in [-0.2, -0.15) is 4.31 Å². The first kappa shape index (κ1) is 24.2. The molecule has 0 radical (unpaired) electrons. The fourth-order valence-electron chi connectivity index (χ4n) is 3.35. The molecule has 0 unspecified atom stereocenters. The molecular formula is C22H25ClN2O6S. The number of esters is 1. The van der Waals surface area contributed by atoms with Crippen molar-refractivity contribution in [2.45, 2.75) is 24.8 Å². The van der Waals surface area contributed by atoms with Crippen molar-refractivity contribution in [2.75, 3.05) is 37.8 Å². The lowest BCUT2D eigenvalue weighted by atomic mass is 10.2. The Bertz CT molecular complexity index is 1070. The molecule has 10 heteroatoms. The monoisotopic (exact) mass is 480 g/mol. The van der Waals surface area contributed by atoms with Gasteiger partial charge in [-0.3, -0.25) is 4.79 Å². The van der Waals surface area contributed by atoms with Crippen LogP contribution in [0.5, 0.6) is 0 Å². The number of carbonyl (C=O) groups excluding carboxylic acids is 2. The fraction of sp³-hybridized carbons (Fsp3) is 0.364. The van der Waals surface area contributed by atoms with E-state index in [1.165, 1.54) is 27.4 Å². The minimum Gasteiger partial charge on any atom is -0.452 e. The molecule has 32 heavy (non-hydrogen) atoms. The Kier molecular flexibility index (Phi) is 7.89. The normalized spacial score (nSPS) is 14.9. The number of carbonyl (C=O) groups is 2. The smallest absolute Gasteiger partial charge is 0.338 e. The molecular weight excluding hydrogens is 456 g/mol. The van der Waals surface area contributed by atoms with Crippen molar-refractivity contribution in [1.29, 1.82) is 0 Å². The van der Waals surface area contributed by atoms with E-state index in [1.54, 1.807) is 12.1 Å². The van der Waals surface area contributed by atoms with Gasteiger partial charge >= 0.3 is 5.97 Å². The summed E-state index contributed by atoms with van der Waals surface area (Å²) in [5, 5.41) is -0.000760. The van der Waals surface area contributed by atoms with Gasteiger partial charge in [0.25, 0.3) is 5.91 Å². The topological polar surface area (TPSA) is 93.2 Å². The van der Waals surface area contributed by atoms with E-state index < -0.39 is 28.5 Å². The third kappa shape index (κ3) is 5.47. The summed E-state index contributed by atoms with van der Waals surface area (Å²) in [6.45, 7) is 4.20. The Morgan fingerprint density at radius 2 is 1.78 bits per heavy atom. The molecule has 0 saturated carbocycles. The van der Waals surface area contributed by atoms with Crippen LogP contribution >= 0.6 is 11.6 Å². The number of hydrogen-bond acceptors (Lipinski definition) is 6. The molecule has 2 aromatic carbocycles. The summed E-state index contributed by atoms with van der Waals surface area (Å²) < 4.78 is 37.5.